The Morgan fingerprint density at radius 2 is 1.56 bits per heavy atom. The zero-order valence-corrected chi connectivity index (χ0v) is 16.8. The normalized spacial score (nSPS) is 17.0. The lowest BCUT2D eigenvalue weighted by atomic mass is 9.71. The maximum absolute atomic E-state index is 6.48. The second kappa shape index (κ2) is 7.48. The molecule has 1 aliphatic rings. The molecule has 0 unspecified atom stereocenters. The Bertz CT molecular complexity index is 903. The Balaban J connectivity index is 1.59. The molecule has 2 aromatic carbocycles. The first-order valence-corrected chi connectivity index (χ1v) is 10.2. The zero-order chi connectivity index (χ0) is 18.9. The molecule has 1 nitrogen and oxygen atoms in total. The van der Waals surface area contributed by atoms with Gasteiger partial charge in [0.05, 0.1) is 10.7 Å². The van der Waals surface area contributed by atoms with E-state index in [1.807, 2.05) is 18.2 Å². The number of aromatic nitrogens is 1. The van der Waals surface area contributed by atoms with Crippen LogP contribution in [-0.4, -0.2) is 4.98 Å². The van der Waals surface area contributed by atoms with Crippen LogP contribution in [0.5, 0.6) is 0 Å². The molecule has 4 rings (SSSR count). The molecule has 0 spiro atoms. The lowest BCUT2D eigenvalue weighted by molar-refractivity contribution is 0.224. The van der Waals surface area contributed by atoms with Crippen molar-refractivity contribution in [3.05, 3.63) is 77.4 Å². The number of rotatable bonds is 3. The van der Waals surface area contributed by atoms with Crippen LogP contribution in [0.2, 0.25) is 5.02 Å². The molecule has 138 valence electrons. The van der Waals surface area contributed by atoms with Crippen LogP contribution in [0.4, 0.5) is 0 Å². The molecule has 3 aromatic rings. The maximum atomic E-state index is 6.48. The molecule has 2 heteroatoms. The van der Waals surface area contributed by atoms with E-state index in [0.29, 0.717) is 16.4 Å². The van der Waals surface area contributed by atoms with Crippen molar-refractivity contribution in [3.63, 3.8) is 0 Å². The minimum Gasteiger partial charge on any atom is -0.255 e. The standard InChI is InChI=1S/C25H26ClN/c1-25(2)14-12-19(13-15-25)18-8-10-20(11-9-18)22-16-24(27-17-23(22)26)21-6-4-3-5-7-21/h3-11,16-17,19H,12-15H2,1-2H3. The van der Waals surface area contributed by atoms with Crippen LogP contribution in [0.25, 0.3) is 22.4 Å². The van der Waals surface area contributed by atoms with Gasteiger partial charge in [-0.05, 0) is 54.2 Å². The molecule has 0 amide bonds. The van der Waals surface area contributed by atoms with Crippen molar-refractivity contribution in [3.8, 4) is 22.4 Å². The van der Waals surface area contributed by atoms with Crippen LogP contribution in [0.1, 0.15) is 51.0 Å². The molecule has 0 aliphatic heterocycles. The van der Waals surface area contributed by atoms with Gasteiger partial charge in [0.25, 0.3) is 0 Å². The highest BCUT2D eigenvalue weighted by Crippen LogP contribution is 2.42. The fraction of sp³-hybridized carbons (Fsp3) is 0.320. The van der Waals surface area contributed by atoms with Gasteiger partial charge < -0.3 is 0 Å². The van der Waals surface area contributed by atoms with Crippen molar-refractivity contribution in [1.82, 2.24) is 4.98 Å². The van der Waals surface area contributed by atoms with E-state index in [1.165, 1.54) is 31.2 Å². The summed E-state index contributed by atoms with van der Waals surface area (Å²) in [5, 5.41) is 0.696. The predicted molar refractivity (Wildman–Crippen MR) is 115 cm³/mol. The molecule has 0 atom stereocenters. The van der Waals surface area contributed by atoms with Gasteiger partial charge in [0.1, 0.15) is 0 Å². The van der Waals surface area contributed by atoms with Crippen LogP contribution in [0, 0.1) is 5.41 Å². The zero-order valence-electron chi connectivity index (χ0n) is 16.1. The summed E-state index contributed by atoms with van der Waals surface area (Å²) in [5.74, 6) is 0.694. The van der Waals surface area contributed by atoms with Crippen molar-refractivity contribution >= 4 is 11.6 Å². The van der Waals surface area contributed by atoms with E-state index in [9.17, 15) is 0 Å². The Kier molecular flexibility index (Phi) is 5.06. The Morgan fingerprint density at radius 1 is 0.889 bits per heavy atom. The third-order valence-electron chi connectivity index (χ3n) is 5.96. The molecule has 1 aliphatic carbocycles. The van der Waals surface area contributed by atoms with Crippen LogP contribution < -0.4 is 0 Å². The summed E-state index contributed by atoms with van der Waals surface area (Å²) in [5.41, 5.74) is 6.23. The molecule has 0 N–H and O–H groups in total. The lowest BCUT2D eigenvalue weighted by Crippen LogP contribution is -2.20. The van der Waals surface area contributed by atoms with Crippen molar-refractivity contribution in [2.24, 2.45) is 5.41 Å². The van der Waals surface area contributed by atoms with Crippen molar-refractivity contribution in [1.29, 1.82) is 0 Å². The van der Waals surface area contributed by atoms with Crippen LogP contribution in [-0.2, 0) is 0 Å². The van der Waals surface area contributed by atoms with Crippen molar-refractivity contribution in [2.45, 2.75) is 45.4 Å². The van der Waals surface area contributed by atoms with Gasteiger partial charge >= 0.3 is 0 Å². The van der Waals surface area contributed by atoms with Crippen molar-refractivity contribution < 1.29 is 0 Å². The SMILES string of the molecule is CC1(C)CCC(c2ccc(-c3cc(-c4ccccc4)ncc3Cl)cc2)CC1. The fourth-order valence-corrected chi connectivity index (χ4v) is 4.31. The molecule has 1 heterocycles. The highest BCUT2D eigenvalue weighted by molar-refractivity contribution is 6.33. The second-order valence-corrected chi connectivity index (χ2v) is 8.88. The number of hydrogen-bond donors (Lipinski definition) is 0. The number of halogens is 1. The summed E-state index contributed by atoms with van der Waals surface area (Å²) in [4.78, 5) is 4.51. The van der Waals surface area contributed by atoms with Gasteiger partial charge in [-0.15, -0.1) is 0 Å². The summed E-state index contributed by atoms with van der Waals surface area (Å²) in [6.07, 6.45) is 6.98. The van der Waals surface area contributed by atoms with Gasteiger partial charge in [-0.25, -0.2) is 0 Å². The fourth-order valence-electron chi connectivity index (χ4n) is 4.09. The maximum Gasteiger partial charge on any atom is 0.0709 e. The molecule has 0 radical (unpaired) electrons. The van der Waals surface area contributed by atoms with Gasteiger partial charge in [-0.2, -0.15) is 0 Å². The smallest absolute Gasteiger partial charge is 0.0709 e. The molecule has 27 heavy (non-hydrogen) atoms. The van der Waals surface area contributed by atoms with Gasteiger partial charge in [0.2, 0.25) is 0 Å². The summed E-state index contributed by atoms with van der Waals surface area (Å²) in [7, 11) is 0. The largest absolute Gasteiger partial charge is 0.255 e. The van der Waals surface area contributed by atoms with E-state index in [1.54, 1.807) is 6.20 Å². The minimum atomic E-state index is 0.509. The average molecular weight is 376 g/mol. The van der Waals surface area contributed by atoms with E-state index in [2.05, 4.69) is 61.3 Å². The second-order valence-electron chi connectivity index (χ2n) is 8.48. The first-order chi connectivity index (χ1) is 13.0. The predicted octanol–water partition coefficient (Wildman–Crippen LogP) is 7.75. The van der Waals surface area contributed by atoms with Gasteiger partial charge in [-0.3, -0.25) is 4.98 Å². The summed E-state index contributed by atoms with van der Waals surface area (Å²) in [6, 6.07) is 21.3. The highest BCUT2D eigenvalue weighted by atomic mass is 35.5. The molecule has 1 aromatic heterocycles. The number of pyridine rings is 1. The number of hydrogen-bond acceptors (Lipinski definition) is 1. The van der Waals surface area contributed by atoms with Crippen LogP contribution in [0.15, 0.2) is 66.9 Å². The lowest BCUT2D eigenvalue weighted by Gasteiger charge is -2.34. The summed E-state index contributed by atoms with van der Waals surface area (Å²) >= 11 is 6.48. The molecule has 1 fully saturated rings. The molecule has 0 saturated heterocycles. The average Bonchev–Trinajstić information content (AvgIpc) is 2.69. The summed E-state index contributed by atoms with van der Waals surface area (Å²) < 4.78 is 0. The Labute approximate surface area is 167 Å². The van der Waals surface area contributed by atoms with E-state index in [-0.39, 0.29) is 0 Å². The Morgan fingerprint density at radius 3 is 2.22 bits per heavy atom. The van der Waals surface area contributed by atoms with E-state index in [4.69, 9.17) is 11.6 Å². The Hall–Kier alpha value is -2.12. The van der Waals surface area contributed by atoms with Crippen LogP contribution in [0.3, 0.4) is 0 Å². The van der Waals surface area contributed by atoms with Gasteiger partial charge in [0.15, 0.2) is 0 Å². The quantitative estimate of drug-likeness (QED) is 0.455. The first-order valence-electron chi connectivity index (χ1n) is 9.83. The van der Waals surface area contributed by atoms with E-state index < -0.39 is 0 Å². The number of benzene rings is 2. The third kappa shape index (κ3) is 4.09. The highest BCUT2D eigenvalue weighted by Gasteiger charge is 2.27. The van der Waals surface area contributed by atoms with E-state index >= 15 is 0 Å². The monoisotopic (exact) mass is 375 g/mol. The number of nitrogens with zero attached hydrogens (tertiary/aromatic N) is 1. The van der Waals surface area contributed by atoms with Gasteiger partial charge in [0, 0.05) is 17.3 Å². The minimum absolute atomic E-state index is 0.509. The van der Waals surface area contributed by atoms with E-state index in [0.717, 1.165) is 22.4 Å². The molecular formula is C25H26ClN. The van der Waals surface area contributed by atoms with Crippen LogP contribution >= 0.6 is 11.6 Å². The molecule has 1 saturated carbocycles. The van der Waals surface area contributed by atoms with Crippen molar-refractivity contribution in [2.75, 3.05) is 0 Å². The summed E-state index contributed by atoms with van der Waals surface area (Å²) in [6.45, 7) is 4.78. The molecular weight excluding hydrogens is 350 g/mol. The first kappa shape index (κ1) is 18.3. The molecule has 0 bridgehead atoms. The topological polar surface area (TPSA) is 12.9 Å². The third-order valence-corrected chi connectivity index (χ3v) is 6.26. The van der Waals surface area contributed by atoms with Gasteiger partial charge in [-0.1, -0.05) is 80.0 Å².